The zero-order valence-corrected chi connectivity index (χ0v) is 11.8. The summed E-state index contributed by atoms with van der Waals surface area (Å²) in [5, 5.41) is 9.54. The predicted molar refractivity (Wildman–Crippen MR) is 70.4 cm³/mol. The van der Waals surface area contributed by atoms with E-state index in [0.29, 0.717) is 24.5 Å². The molecule has 0 aliphatic carbocycles. The molecule has 1 fully saturated rings. The van der Waals surface area contributed by atoms with Crippen molar-refractivity contribution < 1.29 is 13.5 Å². The molecule has 1 aromatic rings. The van der Waals surface area contributed by atoms with Crippen molar-refractivity contribution in [2.45, 2.75) is 11.3 Å². The first-order chi connectivity index (χ1) is 8.45. The molecule has 100 valence electrons. The molecule has 1 heterocycles. The molecule has 18 heavy (non-hydrogen) atoms. The van der Waals surface area contributed by atoms with Crippen molar-refractivity contribution in [1.82, 2.24) is 4.31 Å². The standard InChI is InChI=1S/C11H13Cl2NO3S/c12-9-1-2-10(13)11(5-9)18(16,17)14-4-3-8(6-14)7-15/h1-2,5,8,15H,3-4,6-7H2. The maximum Gasteiger partial charge on any atom is 0.244 e. The number of sulfonamides is 1. The molecule has 1 aromatic carbocycles. The van der Waals surface area contributed by atoms with Gasteiger partial charge in [-0.2, -0.15) is 4.31 Å². The average Bonchev–Trinajstić information content (AvgIpc) is 2.81. The van der Waals surface area contributed by atoms with E-state index in [0.717, 1.165) is 0 Å². The summed E-state index contributed by atoms with van der Waals surface area (Å²) in [5.41, 5.74) is 0. The number of aliphatic hydroxyl groups is 1. The lowest BCUT2D eigenvalue weighted by atomic mass is 10.1. The molecule has 7 heteroatoms. The van der Waals surface area contributed by atoms with Gasteiger partial charge in [0.1, 0.15) is 4.90 Å². The third kappa shape index (κ3) is 2.65. The fourth-order valence-corrected chi connectivity index (χ4v) is 4.25. The molecule has 1 aliphatic heterocycles. The monoisotopic (exact) mass is 309 g/mol. The average molecular weight is 310 g/mol. The minimum absolute atomic E-state index is 0.00210. The van der Waals surface area contributed by atoms with Crippen LogP contribution in [-0.2, 0) is 10.0 Å². The van der Waals surface area contributed by atoms with Crippen molar-refractivity contribution in [1.29, 1.82) is 0 Å². The van der Waals surface area contributed by atoms with Crippen LogP contribution in [0.15, 0.2) is 23.1 Å². The van der Waals surface area contributed by atoms with Crippen molar-refractivity contribution in [2.24, 2.45) is 5.92 Å². The van der Waals surface area contributed by atoms with Crippen molar-refractivity contribution in [2.75, 3.05) is 19.7 Å². The molecule has 0 spiro atoms. The number of aliphatic hydroxyl groups excluding tert-OH is 1. The van der Waals surface area contributed by atoms with E-state index in [1.165, 1.54) is 16.4 Å². The molecule has 1 atom stereocenters. The van der Waals surface area contributed by atoms with E-state index >= 15 is 0 Å². The maximum atomic E-state index is 12.4. The Morgan fingerprint density at radius 2 is 2.11 bits per heavy atom. The van der Waals surface area contributed by atoms with Gasteiger partial charge in [0.2, 0.25) is 10.0 Å². The smallest absolute Gasteiger partial charge is 0.244 e. The molecular formula is C11H13Cl2NO3S. The molecule has 1 unspecified atom stereocenters. The van der Waals surface area contributed by atoms with Crippen LogP contribution in [0.2, 0.25) is 10.0 Å². The van der Waals surface area contributed by atoms with Gasteiger partial charge in [0, 0.05) is 24.7 Å². The van der Waals surface area contributed by atoms with Crippen molar-refractivity contribution >= 4 is 33.2 Å². The highest BCUT2D eigenvalue weighted by Gasteiger charge is 2.33. The van der Waals surface area contributed by atoms with Crippen molar-refractivity contribution in [3.05, 3.63) is 28.2 Å². The lowest BCUT2D eigenvalue weighted by Gasteiger charge is -2.17. The van der Waals surface area contributed by atoms with E-state index in [-0.39, 0.29) is 22.4 Å². The van der Waals surface area contributed by atoms with Crippen LogP contribution >= 0.6 is 23.2 Å². The molecule has 1 aliphatic rings. The largest absolute Gasteiger partial charge is 0.396 e. The summed E-state index contributed by atoms with van der Waals surface area (Å²) >= 11 is 11.7. The van der Waals surface area contributed by atoms with Crippen LogP contribution in [0.4, 0.5) is 0 Å². The number of hydrogen-bond acceptors (Lipinski definition) is 3. The van der Waals surface area contributed by atoms with Crippen molar-refractivity contribution in [3.8, 4) is 0 Å². The van der Waals surface area contributed by atoms with Crippen molar-refractivity contribution in [3.63, 3.8) is 0 Å². The van der Waals surface area contributed by atoms with Gasteiger partial charge in [-0.15, -0.1) is 0 Å². The van der Waals surface area contributed by atoms with E-state index in [2.05, 4.69) is 0 Å². The number of nitrogens with zero attached hydrogens (tertiary/aromatic N) is 1. The fourth-order valence-electron chi connectivity index (χ4n) is 1.98. The minimum Gasteiger partial charge on any atom is -0.396 e. The maximum absolute atomic E-state index is 12.4. The summed E-state index contributed by atoms with van der Waals surface area (Å²) in [6, 6.07) is 4.37. The molecule has 0 aromatic heterocycles. The Labute approximate surface area is 116 Å². The fraction of sp³-hybridized carbons (Fsp3) is 0.455. The summed E-state index contributed by atoms with van der Waals surface area (Å²) in [6.07, 6.45) is 0.661. The summed E-state index contributed by atoms with van der Waals surface area (Å²) < 4.78 is 26.1. The van der Waals surface area contributed by atoms with Gasteiger partial charge in [0.05, 0.1) is 5.02 Å². The quantitative estimate of drug-likeness (QED) is 0.929. The predicted octanol–water partition coefficient (Wildman–Crippen LogP) is 2.00. The van der Waals surface area contributed by atoms with Gasteiger partial charge in [-0.1, -0.05) is 23.2 Å². The zero-order chi connectivity index (χ0) is 13.3. The van der Waals surface area contributed by atoms with Gasteiger partial charge < -0.3 is 5.11 Å². The second-order valence-electron chi connectivity index (χ2n) is 4.28. The minimum atomic E-state index is -3.63. The summed E-state index contributed by atoms with van der Waals surface area (Å²) in [7, 11) is -3.63. The highest BCUT2D eigenvalue weighted by Crippen LogP contribution is 2.30. The van der Waals surface area contributed by atoms with E-state index in [1.807, 2.05) is 0 Å². The number of halogens is 2. The van der Waals surface area contributed by atoms with Gasteiger partial charge in [-0.3, -0.25) is 0 Å². The highest BCUT2D eigenvalue weighted by molar-refractivity contribution is 7.89. The Kier molecular flexibility index (Phi) is 4.18. The molecule has 0 saturated carbocycles. The zero-order valence-electron chi connectivity index (χ0n) is 9.51. The number of hydrogen-bond donors (Lipinski definition) is 1. The Morgan fingerprint density at radius 1 is 1.39 bits per heavy atom. The van der Waals surface area contributed by atoms with Crippen LogP contribution < -0.4 is 0 Å². The van der Waals surface area contributed by atoms with Crippen LogP contribution in [0.1, 0.15) is 6.42 Å². The van der Waals surface area contributed by atoms with Gasteiger partial charge in [-0.25, -0.2) is 8.42 Å². The van der Waals surface area contributed by atoms with E-state index < -0.39 is 10.0 Å². The SMILES string of the molecule is O=S(=O)(c1cc(Cl)ccc1Cl)N1CCC(CO)C1. The van der Waals surface area contributed by atoms with Crippen LogP contribution in [0.3, 0.4) is 0 Å². The van der Waals surface area contributed by atoms with Gasteiger partial charge >= 0.3 is 0 Å². The molecule has 0 radical (unpaired) electrons. The first-order valence-electron chi connectivity index (χ1n) is 5.51. The van der Waals surface area contributed by atoms with Crippen LogP contribution in [-0.4, -0.2) is 37.5 Å². The lowest BCUT2D eigenvalue weighted by Crippen LogP contribution is -2.29. The Hall–Kier alpha value is -0.330. The normalized spacial score (nSPS) is 21.4. The van der Waals surface area contributed by atoms with Crippen LogP contribution in [0, 0.1) is 5.92 Å². The topological polar surface area (TPSA) is 57.6 Å². The third-order valence-corrected chi connectivity index (χ3v) is 5.60. The lowest BCUT2D eigenvalue weighted by molar-refractivity contribution is 0.233. The van der Waals surface area contributed by atoms with E-state index in [4.69, 9.17) is 28.3 Å². The van der Waals surface area contributed by atoms with Gasteiger partial charge in [-0.05, 0) is 30.5 Å². The van der Waals surface area contributed by atoms with E-state index in [9.17, 15) is 8.42 Å². The van der Waals surface area contributed by atoms with Gasteiger partial charge in [0.25, 0.3) is 0 Å². The Bertz CT molecular complexity index is 547. The van der Waals surface area contributed by atoms with Crippen LogP contribution in [0.25, 0.3) is 0 Å². The van der Waals surface area contributed by atoms with Crippen LogP contribution in [0.5, 0.6) is 0 Å². The second-order valence-corrected chi connectivity index (χ2v) is 7.03. The summed E-state index contributed by atoms with van der Waals surface area (Å²) in [6.45, 7) is 0.716. The highest BCUT2D eigenvalue weighted by atomic mass is 35.5. The second kappa shape index (κ2) is 5.35. The summed E-state index contributed by atoms with van der Waals surface area (Å²) in [5.74, 6) is -0.00210. The van der Waals surface area contributed by atoms with Gasteiger partial charge in [0.15, 0.2) is 0 Å². The Balaban J connectivity index is 2.34. The molecule has 1 saturated heterocycles. The Morgan fingerprint density at radius 3 is 2.72 bits per heavy atom. The van der Waals surface area contributed by atoms with E-state index in [1.54, 1.807) is 6.07 Å². The molecule has 1 N–H and O–H groups in total. The first-order valence-corrected chi connectivity index (χ1v) is 7.71. The summed E-state index contributed by atoms with van der Waals surface area (Å²) in [4.78, 5) is 0.0234. The molecule has 2 rings (SSSR count). The third-order valence-electron chi connectivity index (χ3n) is 3.02. The molecule has 4 nitrogen and oxygen atoms in total. The molecule has 0 bridgehead atoms. The molecule has 0 amide bonds. The number of rotatable bonds is 3. The molecular weight excluding hydrogens is 297 g/mol. The number of benzene rings is 1. The first kappa shape index (κ1) is 14.1.